The number of benzene rings is 1. The Bertz CT molecular complexity index is 684. The molecule has 106 valence electrons. The summed E-state index contributed by atoms with van der Waals surface area (Å²) >= 11 is 7.15. The summed E-state index contributed by atoms with van der Waals surface area (Å²) in [6.07, 6.45) is 0.509. The Morgan fingerprint density at radius 1 is 1.45 bits per heavy atom. The lowest BCUT2D eigenvalue weighted by Gasteiger charge is -2.12. The summed E-state index contributed by atoms with van der Waals surface area (Å²) in [7, 11) is 0. The van der Waals surface area contributed by atoms with Gasteiger partial charge in [-0.1, -0.05) is 42.1 Å². The van der Waals surface area contributed by atoms with Gasteiger partial charge < -0.3 is 5.11 Å². The van der Waals surface area contributed by atoms with E-state index in [0.29, 0.717) is 39.8 Å². The van der Waals surface area contributed by atoms with Crippen molar-refractivity contribution in [2.24, 2.45) is 0 Å². The third kappa shape index (κ3) is 3.42. The van der Waals surface area contributed by atoms with E-state index in [9.17, 15) is 4.79 Å². The molecule has 1 aromatic heterocycles. The number of thioether (sulfide) groups is 1. The van der Waals surface area contributed by atoms with Crippen LogP contribution in [-0.4, -0.2) is 27.0 Å². The molecule has 0 bridgehead atoms. The molecule has 1 N–H and O–H groups in total. The average Bonchev–Trinajstić information content (AvgIpc) is 2.44. The highest BCUT2D eigenvalue weighted by atomic mass is 35.5. The lowest BCUT2D eigenvalue weighted by atomic mass is 10.2. The van der Waals surface area contributed by atoms with Crippen LogP contribution in [0.1, 0.15) is 6.42 Å². The fraction of sp³-hybridized carbons (Fsp3) is 0.286. The van der Waals surface area contributed by atoms with Gasteiger partial charge in [-0.2, -0.15) is 0 Å². The van der Waals surface area contributed by atoms with Gasteiger partial charge in [0.05, 0.1) is 10.9 Å². The van der Waals surface area contributed by atoms with Gasteiger partial charge in [-0.25, -0.2) is 4.98 Å². The van der Waals surface area contributed by atoms with Crippen molar-refractivity contribution >= 4 is 34.3 Å². The second-order valence-electron chi connectivity index (χ2n) is 4.25. The fourth-order valence-corrected chi connectivity index (χ4v) is 2.77. The maximum atomic E-state index is 12.5. The SMILES string of the molecule is C=C(Cl)CSc1nc2ccccc2c(=O)n1CCCO. The largest absolute Gasteiger partial charge is 0.396 e. The summed E-state index contributed by atoms with van der Waals surface area (Å²) in [5.41, 5.74) is 0.576. The maximum Gasteiger partial charge on any atom is 0.262 e. The number of nitrogens with zero attached hydrogens (tertiary/aromatic N) is 2. The number of aliphatic hydroxyl groups is 1. The molecule has 1 aromatic carbocycles. The molecule has 2 aromatic rings. The summed E-state index contributed by atoms with van der Waals surface area (Å²) in [6, 6.07) is 7.23. The number of hydrogen-bond donors (Lipinski definition) is 1. The Balaban J connectivity index is 2.51. The van der Waals surface area contributed by atoms with Gasteiger partial charge in [-0.15, -0.1) is 0 Å². The predicted molar refractivity (Wildman–Crippen MR) is 83.4 cm³/mol. The molecule has 6 heteroatoms. The molecule has 2 rings (SSSR count). The zero-order valence-corrected chi connectivity index (χ0v) is 12.5. The number of aliphatic hydroxyl groups excluding tert-OH is 1. The molecule has 0 aliphatic rings. The average molecular weight is 311 g/mol. The number of para-hydroxylation sites is 1. The van der Waals surface area contributed by atoms with Gasteiger partial charge >= 0.3 is 0 Å². The van der Waals surface area contributed by atoms with Crippen LogP contribution in [0.2, 0.25) is 0 Å². The van der Waals surface area contributed by atoms with Crippen LogP contribution in [0.5, 0.6) is 0 Å². The van der Waals surface area contributed by atoms with Crippen LogP contribution >= 0.6 is 23.4 Å². The summed E-state index contributed by atoms with van der Waals surface area (Å²) < 4.78 is 1.59. The Kier molecular flexibility index (Phi) is 5.23. The third-order valence-electron chi connectivity index (χ3n) is 2.72. The van der Waals surface area contributed by atoms with Crippen molar-refractivity contribution in [3.05, 3.63) is 46.2 Å². The standard InChI is InChI=1S/C14H15ClN2O2S/c1-10(15)9-20-14-16-12-6-3-2-5-11(12)13(19)17(14)7-4-8-18/h2-3,5-6,18H,1,4,7-9H2. The first-order chi connectivity index (χ1) is 9.63. The number of aromatic nitrogens is 2. The normalized spacial score (nSPS) is 10.9. The fourth-order valence-electron chi connectivity index (χ4n) is 1.83. The van der Waals surface area contributed by atoms with Crippen molar-refractivity contribution in [2.45, 2.75) is 18.1 Å². The lowest BCUT2D eigenvalue weighted by Crippen LogP contribution is -2.24. The molecule has 0 spiro atoms. The van der Waals surface area contributed by atoms with Gasteiger partial charge in [0.1, 0.15) is 0 Å². The van der Waals surface area contributed by atoms with Gasteiger partial charge in [-0.3, -0.25) is 9.36 Å². The zero-order chi connectivity index (χ0) is 14.5. The summed E-state index contributed by atoms with van der Waals surface area (Å²) in [5, 5.41) is 10.7. The molecule has 4 nitrogen and oxygen atoms in total. The van der Waals surface area contributed by atoms with Crippen LogP contribution < -0.4 is 5.56 Å². The van der Waals surface area contributed by atoms with E-state index in [4.69, 9.17) is 16.7 Å². The molecule has 0 radical (unpaired) electrons. The Labute approximate surface area is 126 Å². The zero-order valence-electron chi connectivity index (χ0n) is 10.9. The van der Waals surface area contributed by atoms with Gasteiger partial charge in [0, 0.05) is 23.9 Å². The van der Waals surface area contributed by atoms with E-state index in [1.165, 1.54) is 11.8 Å². The minimum absolute atomic E-state index is 0.0333. The minimum atomic E-state index is -0.0910. The monoisotopic (exact) mass is 310 g/mol. The topological polar surface area (TPSA) is 55.1 Å². The Morgan fingerprint density at radius 3 is 2.90 bits per heavy atom. The van der Waals surface area contributed by atoms with Crippen LogP contribution in [0.4, 0.5) is 0 Å². The van der Waals surface area contributed by atoms with E-state index in [-0.39, 0.29) is 12.2 Å². The van der Waals surface area contributed by atoms with Gasteiger partial charge in [0.25, 0.3) is 5.56 Å². The van der Waals surface area contributed by atoms with Crippen LogP contribution in [0, 0.1) is 0 Å². The van der Waals surface area contributed by atoms with Gasteiger partial charge in [0.2, 0.25) is 0 Å². The van der Waals surface area contributed by atoms with E-state index < -0.39 is 0 Å². The van der Waals surface area contributed by atoms with Crippen LogP contribution in [0.3, 0.4) is 0 Å². The Hall–Kier alpha value is -1.30. The molecule has 0 aliphatic heterocycles. The first kappa shape index (κ1) is 15.1. The second kappa shape index (κ2) is 6.92. The third-order valence-corrected chi connectivity index (χ3v) is 4.08. The first-order valence-electron chi connectivity index (χ1n) is 6.20. The first-order valence-corrected chi connectivity index (χ1v) is 7.56. The molecule has 0 aliphatic carbocycles. The van der Waals surface area contributed by atoms with E-state index >= 15 is 0 Å². The number of fused-ring (bicyclic) bond motifs is 1. The highest BCUT2D eigenvalue weighted by molar-refractivity contribution is 7.99. The highest BCUT2D eigenvalue weighted by Gasteiger charge is 2.11. The highest BCUT2D eigenvalue weighted by Crippen LogP contribution is 2.21. The van der Waals surface area contributed by atoms with Gasteiger partial charge in [0.15, 0.2) is 5.16 Å². The van der Waals surface area contributed by atoms with E-state index in [1.807, 2.05) is 18.2 Å². The number of hydrogen-bond acceptors (Lipinski definition) is 4. The molecule has 0 atom stereocenters. The van der Waals surface area contributed by atoms with Crippen LogP contribution in [0.25, 0.3) is 10.9 Å². The number of rotatable bonds is 6. The molecular formula is C14H15ClN2O2S. The van der Waals surface area contributed by atoms with Gasteiger partial charge in [-0.05, 0) is 18.6 Å². The van der Waals surface area contributed by atoms with Crippen molar-refractivity contribution in [1.82, 2.24) is 9.55 Å². The smallest absolute Gasteiger partial charge is 0.262 e. The maximum absolute atomic E-state index is 12.5. The summed E-state index contributed by atoms with van der Waals surface area (Å²) in [6.45, 7) is 4.10. The quantitative estimate of drug-likeness (QED) is 0.658. The second-order valence-corrected chi connectivity index (χ2v) is 5.73. The molecule has 0 fully saturated rings. The minimum Gasteiger partial charge on any atom is -0.396 e. The lowest BCUT2D eigenvalue weighted by molar-refractivity contribution is 0.276. The van der Waals surface area contributed by atoms with E-state index in [0.717, 1.165) is 0 Å². The van der Waals surface area contributed by atoms with Crippen molar-refractivity contribution < 1.29 is 5.11 Å². The van der Waals surface area contributed by atoms with Crippen LogP contribution in [-0.2, 0) is 6.54 Å². The summed E-state index contributed by atoms with van der Waals surface area (Å²) in [4.78, 5) is 17.0. The molecular weight excluding hydrogens is 296 g/mol. The summed E-state index contributed by atoms with van der Waals surface area (Å²) in [5.74, 6) is 0.492. The number of halogens is 1. The predicted octanol–water partition coefficient (Wildman–Crippen LogP) is 2.62. The molecule has 0 saturated carbocycles. The molecule has 0 unspecified atom stereocenters. The molecule has 1 heterocycles. The van der Waals surface area contributed by atoms with Crippen molar-refractivity contribution in [3.63, 3.8) is 0 Å². The molecule has 20 heavy (non-hydrogen) atoms. The van der Waals surface area contributed by atoms with Crippen molar-refractivity contribution in [3.8, 4) is 0 Å². The van der Waals surface area contributed by atoms with Crippen molar-refractivity contribution in [1.29, 1.82) is 0 Å². The van der Waals surface area contributed by atoms with Crippen LogP contribution in [0.15, 0.2) is 45.8 Å². The van der Waals surface area contributed by atoms with E-state index in [1.54, 1.807) is 10.6 Å². The molecule has 0 amide bonds. The van der Waals surface area contributed by atoms with Crippen molar-refractivity contribution in [2.75, 3.05) is 12.4 Å². The Morgan fingerprint density at radius 2 is 2.20 bits per heavy atom. The molecule has 0 saturated heterocycles. The van der Waals surface area contributed by atoms with E-state index in [2.05, 4.69) is 11.6 Å².